The molecule has 0 aliphatic carbocycles. The molecule has 0 saturated carbocycles. The Bertz CT molecular complexity index is 6190. The molecule has 0 fully saturated rings. The van der Waals surface area contributed by atoms with Crippen LogP contribution in [0.1, 0.15) is 0 Å². The van der Waals surface area contributed by atoms with Gasteiger partial charge in [0.2, 0.25) is 0 Å². The largest absolute Gasteiger partial charge is 0.516 e. The predicted molar refractivity (Wildman–Crippen MR) is 447 cm³/mol. The molecule has 13 nitrogen and oxygen atoms in total. The third-order valence-corrected chi connectivity index (χ3v) is 21.7. The number of hydrogen-bond donors (Lipinski definition) is 0. The number of furan rings is 1. The number of fused-ring (bicyclic) bond motifs is 15. The number of hydrogen-bond acceptors (Lipinski definition) is 13. The molecule has 571 valence electrons. The van der Waals surface area contributed by atoms with Gasteiger partial charge in [-0.2, -0.15) is 100 Å². The number of para-hydroxylation sites is 5. The summed E-state index contributed by atoms with van der Waals surface area (Å²) in [7, 11) is 10.1. The first kappa shape index (κ1) is 80.5. The number of benzene rings is 12. The first-order valence-electron chi connectivity index (χ1n) is 35.2. The van der Waals surface area contributed by atoms with Crippen molar-refractivity contribution in [3.63, 3.8) is 0 Å². The molecule has 5 aliphatic rings. The molecular formula is C92H70Ir5N12OS2-10. The number of thiophene rings is 2. The van der Waals surface area contributed by atoms with Crippen molar-refractivity contribution >= 4 is 157 Å². The number of nitrogens with zero attached hydrogens (tertiary/aromatic N) is 12. The smallest absolute Gasteiger partial charge is 0.116 e. The SMILES string of the molecule is CN1C=CN(c2[c-]cc3c(c2)c2ccccc2n3-c2ccccc2)[CH-]1.CN1C=CN(c2[c-]cc3oc4ccccc4c3c2)[CH-]1.CN1C=CN(c2[c-]cc3sc4ccccc4c3c2)[CH-]1.CN1C=CN(c2[c-]ccc3c2sc2ccccc23)[CH-]1.CN1C=CN(c2[c-]ccc3c4ccccc4n(-c4ccccc4)c23)[CH-]1.[Ir].[Ir].[Ir].[Ir].[Ir]. The van der Waals surface area contributed by atoms with E-state index in [1.54, 1.807) is 0 Å². The Morgan fingerprint density at radius 1 is 0.286 bits per heavy atom. The fourth-order valence-electron chi connectivity index (χ4n) is 14.3. The zero-order valence-corrected chi connectivity index (χ0v) is 74.6. The summed E-state index contributed by atoms with van der Waals surface area (Å²) in [4.78, 5) is 20.6. The van der Waals surface area contributed by atoms with Gasteiger partial charge in [0.05, 0.1) is 0 Å². The Morgan fingerprint density at radius 3 is 1.26 bits per heavy atom. The van der Waals surface area contributed by atoms with Gasteiger partial charge in [-0.25, -0.2) is 22.7 Å². The summed E-state index contributed by atoms with van der Waals surface area (Å²) in [6, 6.07) is 101. The average molecular weight is 2380 g/mol. The van der Waals surface area contributed by atoms with Gasteiger partial charge in [0.25, 0.3) is 0 Å². The van der Waals surface area contributed by atoms with Crippen LogP contribution in [0.4, 0.5) is 28.4 Å². The van der Waals surface area contributed by atoms with Crippen LogP contribution in [0, 0.1) is 63.7 Å². The van der Waals surface area contributed by atoms with E-state index in [0.717, 1.165) is 56.1 Å². The third-order valence-electron chi connectivity index (χ3n) is 19.3. The quantitative estimate of drug-likeness (QED) is 0.143. The van der Waals surface area contributed by atoms with Gasteiger partial charge in [0.1, 0.15) is 5.58 Å². The van der Waals surface area contributed by atoms with Gasteiger partial charge in [-0.3, -0.25) is 0 Å². The number of rotatable bonds is 7. The molecule has 5 aliphatic heterocycles. The minimum atomic E-state index is 0. The van der Waals surface area contributed by atoms with Crippen LogP contribution < -0.4 is 24.5 Å². The van der Waals surface area contributed by atoms with E-state index in [4.69, 9.17) is 4.42 Å². The van der Waals surface area contributed by atoms with Crippen LogP contribution in [0.15, 0.2) is 309 Å². The predicted octanol–water partition coefficient (Wildman–Crippen LogP) is 22.0. The van der Waals surface area contributed by atoms with Crippen molar-refractivity contribution < 1.29 is 105 Å². The summed E-state index contributed by atoms with van der Waals surface area (Å²) >= 11 is 3.66. The molecule has 0 N–H and O–H groups in total. The minimum absolute atomic E-state index is 0. The summed E-state index contributed by atoms with van der Waals surface area (Å²) in [6.45, 7) is 10.2. The van der Waals surface area contributed by atoms with Crippen LogP contribution in [0.2, 0.25) is 0 Å². The van der Waals surface area contributed by atoms with Crippen LogP contribution in [0.5, 0.6) is 0 Å². The van der Waals surface area contributed by atoms with Gasteiger partial charge in [-0.15, -0.1) is 62.9 Å². The number of anilines is 5. The molecule has 22 rings (SSSR count). The van der Waals surface area contributed by atoms with Crippen molar-refractivity contribution in [1.29, 1.82) is 0 Å². The summed E-state index contributed by atoms with van der Waals surface area (Å²) < 4.78 is 15.7. The Morgan fingerprint density at radius 2 is 0.696 bits per heavy atom. The zero-order chi connectivity index (χ0) is 72.1. The third kappa shape index (κ3) is 16.0. The fraction of sp³-hybridized carbons (Fsp3) is 0.0543. The van der Waals surface area contributed by atoms with Crippen LogP contribution in [0.25, 0.3) is 117 Å². The molecule has 20 heteroatoms. The van der Waals surface area contributed by atoms with Gasteiger partial charge in [0.15, 0.2) is 0 Å². The van der Waals surface area contributed by atoms with E-state index < -0.39 is 0 Å². The van der Waals surface area contributed by atoms with Crippen molar-refractivity contribution in [2.24, 2.45) is 0 Å². The van der Waals surface area contributed by atoms with E-state index >= 15 is 0 Å². The number of aromatic nitrogens is 2. The molecule has 0 bridgehead atoms. The van der Waals surface area contributed by atoms with Crippen LogP contribution in [0.3, 0.4) is 0 Å². The molecular weight excluding hydrogens is 2310 g/mol. The van der Waals surface area contributed by atoms with Crippen molar-refractivity contribution in [3.05, 3.63) is 368 Å². The van der Waals surface area contributed by atoms with Crippen LogP contribution >= 0.6 is 22.7 Å². The second-order valence-electron chi connectivity index (χ2n) is 26.6. The molecule has 0 amide bonds. The molecule has 10 heterocycles. The van der Waals surface area contributed by atoms with Crippen LogP contribution in [-0.2, 0) is 101 Å². The van der Waals surface area contributed by atoms with Gasteiger partial charge in [-0.1, -0.05) is 159 Å². The molecule has 112 heavy (non-hydrogen) atoms. The standard InChI is InChI=1S/2C22H17N3.C16H12N2O.2C16H12N2S.5Ir/c1-23-14-15-24(16-23)21-13-7-11-19-18-10-5-6-12-20(18)25(22(19)21)17-8-3-2-4-9-17;1-23-13-14-24(16-23)18-11-12-22-20(15-18)19-9-5-6-10-21(19)25(22)17-7-3-2-4-8-17;1-17-8-9-18(11-17)12-6-7-16-14(10-12)13-4-2-3-5-15(13)19-16;1-17-9-10-18(11-17)14-7-4-6-13-12-5-2-3-8-15(12)19-16(13)14;1-17-8-9-18(11-17)12-6-7-16-14(10-12)13-4-2-3-5-15(13)19-16;;;;;/h2-12,14-16H,1H3;2-10,12-16H,1H3;2-5,7-11H,1H3;2-6,8-11H,1H3;2-5,7-11H,1H3;;;;;/q5*-2;;;;;. The summed E-state index contributed by atoms with van der Waals surface area (Å²) in [6.07, 6.45) is 20.4. The van der Waals surface area contributed by atoms with Crippen molar-refractivity contribution in [3.8, 4) is 11.4 Å². The molecule has 17 aromatic rings. The van der Waals surface area contributed by atoms with Gasteiger partial charge in [0, 0.05) is 143 Å². The Balaban J connectivity index is 0.000000122. The Hall–Kier alpha value is -9.57. The topological polar surface area (TPSA) is 55.4 Å². The maximum Gasteiger partial charge on any atom is 0.116 e. The first-order chi connectivity index (χ1) is 52.6. The molecule has 5 aromatic heterocycles. The van der Waals surface area contributed by atoms with E-state index in [2.05, 4.69) is 285 Å². The summed E-state index contributed by atoms with van der Waals surface area (Å²) in [5, 5.41) is 12.5. The van der Waals surface area contributed by atoms with E-state index in [1.165, 1.54) is 89.6 Å². The fourth-order valence-corrected chi connectivity index (χ4v) is 16.6. The summed E-state index contributed by atoms with van der Waals surface area (Å²) in [5.41, 5.74) is 14.2. The zero-order valence-electron chi connectivity index (χ0n) is 61.0. The van der Waals surface area contributed by atoms with Gasteiger partial charge < -0.3 is 62.6 Å². The van der Waals surface area contributed by atoms with E-state index in [1.807, 2.05) is 199 Å². The second kappa shape index (κ2) is 35.2. The molecule has 0 saturated heterocycles. The van der Waals surface area contributed by atoms with Crippen molar-refractivity contribution in [1.82, 2.24) is 33.6 Å². The summed E-state index contributed by atoms with van der Waals surface area (Å²) in [5.74, 6) is 0. The van der Waals surface area contributed by atoms with E-state index in [9.17, 15) is 0 Å². The Kier molecular flexibility index (Phi) is 25.3. The molecule has 0 atom stereocenters. The second-order valence-corrected chi connectivity index (χ2v) is 28.7. The average Bonchev–Trinajstić information content (AvgIpc) is 1.58. The van der Waals surface area contributed by atoms with Crippen LogP contribution in [-0.4, -0.2) is 68.9 Å². The molecule has 12 aromatic carbocycles. The molecule has 5 radical (unpaired) electrons. The van der Waals surface area contributed by atoms with Gasteiger partial charge >= 0.3 is 0 Å². The maximum absolute atomic E-state index is 5.80. The molecule has 0 unspecified atom stereocenters. The maximum atomic E-state index is 5.80. The Labute approximate surface area is 727 Å². The first-order valence-corrected chi connectivity index (χ1v) is 36.9. The van der Waals surface area contributed by atoms with E-state index in [-0.39, 0.29) is 101 Å². The molecule has 0 spiro atoms. The normalized spacial score (nSPS) is 13.9. The van der Waals surface area contributed by atoms with E-state index in [0.29, 0.717) is 0 Å². The van der Waals surface area contributed by atoms with Gasteiger partial charge in [-0.05, 0) is 179 Å². The van der Waals surface area contributed by atoms with Crippen molar-refractivity contribution in [2.45, 2.75) is 0 Å². The monoisotopic (exact) mass is 2390 g/mol. The minimum Gasteiger partial charge on any atom is -0.516 e. The van der Waals surface area contributed by atoms with Crippen molar-refractivity contribution in [2.75, 3.05) is 59.7 Å².